The standard InChI is InChI=1S/C8H14F3NO2.ClH/c1-2-3-14-8(13)6(11)7(12)5(10)4-9;/h5-7H,2-4,12H2,1H3;1H. The van der Waals surface area contributed by atoms with E-state index >= 15 is 0 Å². The van der Waals surface area contributed by atoms with Crippen molar-refractivity contribution in [3.63, 3.8) is 0 Å². The summed E-state index contributed by atoms with van der Waals surface area (Å²) in [5.74, 6) is -1.24. The summed E-state index contributed by atoms with van der Waals surface area (Å²) in [6, 6.07) is -1.80. The quantitative estimate of drug-likeness (QED) is 0.723. The molecule has 0 saturated heterocycles. The molecule has 15 heavy (non-hydrogen) atoms. The van der Waals surface area contributed by atoms with Crippen molar-refractivity contribution in [3.8, 4) is 0 Å². The highest BCUT2D eigenvalue weighted by Crippen LogP contribution is 2.08. The van der Waals surface area contributed by atoms with E-state index in [0.29, 0.717) is 6.42 Å². The molecule has 2 N–H and O–H groups in total. The van der Waals surface area contributed by atoms with Gasteiger partial charge in [0.05, 0.1) is 12.6 Å². The average molecular weight is 250 g/mol. The van der Waals surface area contributed by atoms with E-state index in [4.69, 9.17) is 5.73 Å². The normalized spacial score (nSPS) is 16.1. The molecule has 0 aromatic rings. The molecule has 92 valence electrons. The first-order valence-electron chi connectivity index (χ1n) is 4.30. The van der Waals surface area contributed by atoms with Crippen LogP contribution in [0.4, 0.5) is 13.2 Å². The van der Waals surface area contributed by atoms with Gasteiger partial charge in [-0.3, -0.25) is 0 Å². The maximum absolute atomic E-state index is 12.9. The van der Waals surface area contributed by atoms with Crippen LogP contribution in [0.3, 0.4) is 0 Å². The summed E-state index contributed by atoms with van der Waals surface area (Å²) in [6.07, 6.45) is -3.97. The van der Waals surface area contributed by atoms with Crippen molar-refractivity contribution < 1.29 is 22.7 Å². The fourth-order valence-electron chi connectivity index (χ4n) is 0.726. The van der Waals surface area contributed by atoms with E-state index in [1.807, 2.05) is 0 Å². The Morgan fingerprint density at radius 1 is 1.47 bits per heavy atom. The maximum atomic E-state index is 12.9. The Bertz CT molecular complexity index is 185. The molecule has 0 aliphatic rings. The molecule has 0 aliphatic carbocycles. The van der Waals surface area contributed by atoms with E-state index in [2.05, 4.69) is 4.74 Å². The Balaban J connectivity index is 0. The van der Waals surface area contributed by atoms with Crippen LogP contribution in [0.15, 0.2) is 0 Å². The predicted molar refractivity (Wildman–Crippen MR) is 52.2 cm³/mol. The van der Waals surface area contributed by atoms with Gasteiger partial charge in [0, 0.05) is 0 Å². The first kappa shape index (κ1) is 16.9. The lowest BCUT2D eigenvalue weighted by Gasteiger charge is -2.17. The van der Waals surface area contributed by atoms with Crippen LogP contribution in [0.2, 0.25) is 0 Å². The minimum Gasteiger partial charge on any atom is -0.464 e. The van der Waals surface area contributed by atoms with Crippen LogP contribution in [0.25, 0.3) is 0 Å². The highest BCUT2D eigenvalue weighted by molar-refractivity contribution is 5.85. The van der Waals surface area contributed by atoms with Gasteiger partial charge in [0.1, 0.15) is 12.8 Å². The average Bonchev–Trinajstić information content (AvgIpc) is 2.22. The highest BCUT2D eigenvalue weighted by Gasteiger charge is 2.32. The number of hydrogen-bond acceptors (Lipinski definition) is 3. The van der Waals surface area contributed by atoms with Gasteiger partial charge in [-0.25, -0.2) is 18.0 Å². The summed E-state index contributed by atoms with van der Waals surface area (Å²) in [6.45, 7) is 0.348. The lowest BCUT2D eigenvalue weighted by molar-refractivity contribution is -0.151. The molecule has 0 heterocycles. The number of halogens is 4. The van der Waals surface area contributed by atoms with Crippen molar-refractivity contribution in [3.05, 3.63) is 0 Å². The minimum atomic E-state index is -2.31. The summed E-state index contributed by atoms with van der Waals surface area (Å²) in [4.78, 5) is 10.8. The van der Waals surface area contributed by atoms with Crippen LogP contribution >= 0.6 is 12.4 Å². The van der Waals surface area contributed by atoms with Crippen LogP contribution in [-0.2, 0) is 9.53 Å². The van der Waals surface area contributed by atoms with E-state index in [9.17, 15) is 18.0 Å². The summed E-state index contributed by atoms with van der Waals surface area (Å²) in [5.41, 5.74) is 4.95. The Morgan fingerprint density at radius 3 is 2.40 bits per heavy atom. The molecule has 0 spiro atoms. The summed E-state index contributed by atoms with van der Waals surface area (Å²) in [7, 11) is 0. The van der Waals surface area contributed by atoms with Crippen LogP contribution < -0.4 is 5.73 Å². The third-order valence-electron chi connectivity index (χ3n) is 1.58. The second-order valence-corrected chi connectivity index (χ2v) is 2.82. The molecule has 0 aromatic carbocycles. The van der Waals surface area contributed by atoms with Crippen LogP contribution in [-0.4, -0.2) is 37.6 Å². The zero-order valence-corrected chi connectivity index (χ0v) is 9.11. The molecule has 0 amide bonds. The molecule has 0 aliphatic heterocycles. The second-order valence-electron chi connectivity index (χ2n) is 2.82. The SMILES string of the molecule is CCCOC(=O)C(F)C(N)C(F)CF.Cl. The van der Waals surface area contributed by atoms with Gasteiger partial charge in [0.2, 0.25) is 6.17 Å². The number of carbonyl (C=O) groups excluding carboxylic acids is 1. The molecular weight excluding hydrogens is 235 g/mol. The molecule has 0 rings (SSSR count). The molecule has 0 bridgehead atoms. The van der Waals surface area contributed by atoms with Gasteiger partial charge in [-0.2, -0.15) is 0 Å². The number of rotatable bonds is 6. The molecule has 3 nitrogen and oxygen atoms in total. The number of nitrogens with two attached hydrogens (primary N) is 1. The fraction of sp³-hybridized carbons (Fsp3) is 0.875. The monoisotopic (exact) mass is 249 g/mol. The minimum absolute atomic E-state index is 0. The number of carbonyl (C=O) groups is 1. The van der Waals surface area contributed by atoms with Gasteiger partial charge in [-0.1, -0.05) is 6.92 Å². The summed E-state index contributed by atoms with van der Waals surface area (Å²) in [5, 5.41) is 0. The van der Waals surface area contributed by atoms with E-state index < -0.39 is 31.0 Å². The van der Waals surface area contributed by atoms with Crippen LogP contribution in [0, 0.1) is 0 Å². The number of hydrogen-bond donors (Lipinski definition) is 1. The van der Waals surface area contributed by atoms with Crippen molar-refractivity contribution in [2.45, 2.75) is 31.7 Å². The molecule has 0 fully saturated rings. The van der Waals surface area contributed by atoms with Gasteiger partial charge < -0.3 is 10.5 Å². The molecule has 3 atom stereocenters. The molecular formula is C8H15ClF3NO2. The third kappa shape index (κ3) is 5.84. The fourth-order valence-corrected chi connectivity index (χ4v) is 0.726. The number of esters is 1. The largest absolute Gasteiger partial charge is 0.464 e. The van der Waals surface area contributed by atoms with Gasteiger partial charge in [-0.05, 0) is 6.42 Å². The third-order valence-corrected chi connectivity index (χ3v) is 1.58. The van der Waals surface area contributed by atoms with Gasteiger partial charge >= 0.3 is 5.97 Å². The van der Waals surface area contributed by atoms with Crippen molar-refractivity contribution in [2.75, 3.05) is 13.3 Å². The van der Waals surface area contributed by atoms with Crippen molar-refractivity contribution in [2.24, 2.45) is 5.73 Å². The topological polar surface area (TPSA) is 52.3 Å². The number of alkyl halides is 3. The van der Waals surface area contributed by atoms with E-state index in [-0.39, 0.29) is 19.0 Å². The lowest BCUT2D eigenvalue weighted by Crippen LogP contribution is -2.46. The number of ether oxygens (including phenoxy) is 1. The molecule has 0 aromatic heterocycles. The van der Waals surface area contributed by atoms with E-state index in [1.165, 1.54) is 0 Å². The Hall–Kier alpha value is -0.490. The Morgan fingerprint density at radius 2 is 2.00 bits per heavy atom. The van der Waals surface area contributed by atoms with E-state index in [1.54, 1.807) is 6.92 Å². The smallest absolute Gasteiger partial charge is 0.342 e. The van der Waals surface area contributed by atoms with Crippen molar-refractivity contribution in [1.82, 2.24) is 0 Å². The molecule has 0 saturated carbocycles. The zero-order valence-electron chi connectivity index (χ0n) is 8.29. The Labute approximate surface area is 92.6 Å². The molecule has 0 radical (unpaired) electrons. The molecule has 7 heteroatoms. The Kier molecular flexibility index (Phi) is 9.92. The summed E-state index contributed by atoms with van der Waals surface area (Å²) >= 11 is 0. The van der Waals surface area contributed by atoms with Gasteiger partial charge in [0.25, 0.3) is 0 Å². The van der Waals surface area contributed by atoms with Crippen molar-refractivity contribution in [1.29, 1.82) is 0 Å². The summed E-state index contributed by atoms with van der Waals surface area (Å²) < 4.78 is 41.6. The predicted octanol–water partition coefficient (Wildman–Crippen LogP) is 1.33. The zero-order chi connectivity index (χ0) is 11.1. The maximum Gasteiger partial charge on any atom is 0.342 e. The first-order chi connectivity index (χ1) is 6.54. The van der Waals surface area contributed by atoms with Crippen LogP contribution in [0.5, 0.6) is 0 Å². The lowest BCUT2D eigenvalue weighted by atomic mass is 10.1. The van der Waals surface area contributed by atoms with Gasteiger partial charge in [0.15, 0.2) is 0 Å². The van der Waals surface area contributed by atoms with Gasteiger partial charge in [-0.15, -0.1) is 12.4 Å². The molecule has 3 unspecified atom stereocenters. The first-order valence-corrected chi connectivity index (χ1v) is 4.30. The van der Waals surface area contributed by atoms with Crippen molar-refractivity contribution >= 4 is 18.4 Å². The second kappa shape index (κ2) is 8.79. The van der Waals surface area contributed by atoms with Crippen LogP contribution in [0.1, 0.15) is 13.3 Å². The highest BCUT2D eigenvalue weighted by atomic mass is 35.5. The van der Waals surface area contributed by atoms with E-state index in [0.717, 1.165) is 0 Å².